The number of thioether (sulfide) groups is 1. The number of fused-ring (bicyclic) bond motifs is 2. The third kappa shape index (κ3) is 11.8. The Morgan fingerprint density at radius 2 is 1.77 bits per heavy atom. The molecule has 1 amide bonds. The van der Waals surface area contributed by atoms with Crippen LogP contribution in [0.4, 0.5) is 5.69 Å². The molecule has 0 radical (unpaired) electrons. The Bertz CT molecular complexity index is 2080. The summed E-state index contributed by atoms with van der Waals surface area (Å²) in [6.07, 6.45) is 11.6. The lowest BCUT2D eigenvalue weighted by molar-refractivity contribution is -0.384. The normalized spacial score (nSPS) is 22.8. The van der Waals surface area contributed by atoms with Gasteiger partial charge in [-0.3, -0.25) is 14.9 Å². The lowest BCUT2D eigenvalue weighted by Crippen LogP contribution is -2.70. The van der Waals surface area contributed by atoms with Crippen LogP contribution in [0.2, 0.25) is 0 Å². The molecule has 3 N–H and O–H groups in total. The minimum absolute atomic E-state index is 0.0267. The summed E-state index contributed by atoms with van der Waals surface area (Å²) in [6, 6.07) is 21.2. The number of allylic oxidation sites excluding steroid dienone is 1. The molecule has 1 heterocycles. The Labute approximate surface area is 379 Å². The van der Waals surface area contributed by atoms with Crippen molar-refractivity contribution >= 4 is 35.1 Å². The van der Waals surface area contributed by atoms with Gasteiger partial charge in [-0.2, -0.15) is 0 Å². The van der Waals surface area contributed by atoms with Crippen LogP contribution in [0.15, 0.2) is 113 Å². The molecular formula is C49H61N3O11S. The van der Waals surface area contributed by atoms with Gasteiger partial charge in [0.15, 0.2) is 0 Å². The number of carbonyl (C=O) groups is 1. The second-order valence-electron chi connectivity index (χ2n) is 16.0. The van der Waals surface area contributed by atoms with Gasteiger partial charge in [0.1, 0.15) is 24.7 Å². The largest absolute Gasteiger partial charge is 0.493 e. The van der Waals surface area contributed by atoms with Gasteiger partial charge in [0.05, 0.1) is 49.6 Å². The van der Waals surface area contributed by atoms with Crippen LogP contribution in [0.3, 0.4) is 0 Å². The number of nitro groups is 1. The SMILES string of the molecule is C=CCOC12Oc3ccc(OCCSc4ccccc4)cc3C3C(CCCCO)C(CCCCO)C=C(C(=NOC)CC1N(CCOCCO)C(=O)C=Cc1ccc([N+](=O)[O-])cc1)C32. The second kappa shape index (κ2) is 24.3. The molecule has 1 saturated carbocycles. The molecule has 3 aliphatic rings. The van der Waals surface area contributed by atoms with Crippen LogP contribution in [-0.2, 0) is 19.1 Å². The van der Waals surface area contributed by atoms with E-state index in [0.29, 0.717) is 42.2 Å². The van der Waals surface area contributed by atoms with Gasteiger partial charge in [-0.15, -0.1) is 18.3 Å². The minimum atomic E-state index is -1.49. The van der Waals surface area contributed by atoms with E-state index in [4.69, 9.17) is 23.8 Å². The van der Waals surface area contributed by atoms with Crippen molar-refractivity contribution in [1.82, 2.24) is 4.90 Å². The predicted molar refractivity (Wildman–Crippen MR) is 246 cm³/mol. The van der Waals surface area contributed by atoms with Crippen LogP contribution in [0.25, 0.3) is 6.08 Å². The molecule has 2 aliphatic carbocycles. The molecule has 0 aromatic heterocycles. The molecular weight excluding hydrogens is 839 g/mol. The van der Waals surface area contributed by atoms with E-state index in [9.17, 15) is 30.2 Å². The number of rotatable bonds is 26. The third-order valence-corrected chi connectivity index (χ3v) is 13.1. The maximum atomic E-state index is 14.7. The van der Waals surface area contributed by atoms with Crippen molar-refractivity contribution in [1.29, 1.82) is 0 Å². The number of nitrogens with zero attached hydrogens (tertiary/aromatic N) is 3. The molecule has 3 aromatic carbocycles. The number of hydrogen-bond donors (Lipinski definition) is 3. The van der Waals surface area contributed by atoms with E-state index in [0.717, 1.165) is 47.5 Å². The molecule has 0 saturated heterocycles. The first kappa shape index (κ1) is 48.4. The zero-order chi connectivity index (χ0) is 45.3. The fourth-order valence-corrected chi connectivity index (χ4v) is 10.2. The summed E-state index contributed by atoms with van der Waals surface area (Å²) >= 11 is 1.72. The molecule has 14 nitrogen and oxygen atoms in total. The van der Waals surface area contributed by atoms with Crippen molar-refractivity contribution in [2.24, 2.45) is 22.9 Å². The first-order chi connectivity index (χ1) is 31.3. The quantitative estimate of drug-likeness (QED) is 0.0180. The summed E-state index contributed by atoms with van der Waals surface area (Å²) in [6.45, 7) is 4.80. The number of aliphatic hydroxyl groups excluding tert-OH is 3. The number of nitro benzene ring substituents is 1. The number of hydrogen-bond acceptors (Lipinski definition) is 13. The average molecular weight is 900 g/mol. The molecule has 64 heavy (non-hydrogen) atoms. The Morgan fingerprint density at radius 3 is 2.47 bits per heavy atom. The number of aliphatic hydroxyl groups is 3. The van der Waals surface area contributed by atoms with E-state index in [1.807, 2.05) is 30.3 Å². The highest BCUT2D eigenvalue weighted by Crippen LogP contribution is 2.62. The van der Waals surface area contributed by atoms with Crippen molar-refractivity contribution < 1.29 is 48.8 Å². The summed E-state index contributed by atoms with van der Waals surface area (Å²) in [5.74, 6) is -0.502. The summed E-state index contributed by atoms with van der Waals surface area (Å²) < 4.78 is 26.5. The first-order valence-corrected chi connectivity index (χ1v) is 23.1. The first-order valence-electron chi connectivity index (χ1n) is 22.1. The monoisotopic (exact) mass is 899 g/mol. The molecule has 6 atom stereocenters. The van der Waals surface area contributed by atoms with Crippen LogP contribution in [0.5, 0.6) is 11.5 Å². The van der Waals surface area contributed by atoms with Crippen molar-refractivity contribution in [2.45, 2.75) is 67.6 Å². The lowest BCUT2D eigenvalue weighted by Gasteiger charge is -2.60. The van der Waals surface area contributed by atoms with Gasteiger partial charge >= 0.3 is 0 Å². The summed E-state index contributed by atoms with van der Waals surface area (Å²) in [5, 5.41) is 45.4. The lowest BCUT2D eigenvalue weighted by atomic mass is 9.55. The molecule has 0 spiro atoms. The summed E-state index contributed by atoms with van der Waals surface area (Å²) in [4.78, 5) is 34.0. The van der Waals surface area contributed by atoms with Crippen LogP contribution in [0.1, 0.15) is 62.0 Å². The molecule has 344 valence electrons. The number of ether oxygens (including phenoxy) is 4. The van der Waals surface area contributed by atoms with Gasteiger partial charge in [0.25, 0.3) is 5.69 Å². The molecule has 6 rings (SSSR count). The van der Waals surface area contributed by atoms with Crippen molar-refractivity contribution in [3.63, 3.8) is 0 Å². The molecule has 1 aliphatic heterocycles. The summed E-state index contributed by atoms with van der Waals surface area (Å²) in [5.41, 5.74) is 3.02. The Balaban J connectivity index is 1.49. The van der Waals surface area contributed by atoms with Crippen molar-refractivity contribution in [2.75, 3.05) is 65.7 Å². The van der Waals surface area contributed by atoms with Gasteiger partial charge in [-0.1, -0.05) is 48.3 Å². The smallest absolute Gasteiger partial charge is 0.269 e. The van der Waals surface area contributed by atoms with E-state index in [1.54, 1.807) is 40.9 Å². The Kier molecular flexibility index (Phi) is 18.4. The highest BCUT2D eigenvalue weighted by Gasteiger charge is 2.65. The van der Waals surface area contributed by atoms with E-state index in [1.165, 1.54) is 25.3 Å². The van der Waals surface area contributed by atoms with Gasteiger partial charge in [-0.05, 0) is 97.2 Å². The number of amides is 1. The zero-order valence-corrected chi connectivity index (χ0v) is 37.3. The topological polar surface area (TPSA) is 183 Å². The number of benzene rings is 3. The van der Waals surface area contributed by atoms with Gasteiger partial charge in [-0.25, -0.2) is 0 Å². The van der Waals surface area contributed by atoms with Gasteiger partial charge < -0.3 is 44.0 Å². The summed E-state index contributed by atoms with van der Waals surface area (Å²) in [7, 11) is 1.50. The van der Waals surface area contributed by atoms with Crippen molar-refractivity contribution in [3.05, 3.63) is 124 Å². The second-order valence-corrected chi connectivity index (χ2v) is 17.2. The fourth-order valence-electron chi connectivity index (χ4n) is 9.40. The van der Waals surface area contributed by atoms with Crippen LogP contribution >= 0.6 is 11.8 Å². The van der Waals surface area contributed by atoms with Crippen LogP contribution < -0.4 is 9.47 Å². The van der Waals surface area contributed by atoms with E-state index >= 15 is 0 Å². The minimum Gasteiger partial charge on any atom is -0.493 e. The van der Waals surface area contributed by atoms with E-state index < -0.39 is 22.7 Å². The molecule has 0 bridgehead atoms. The van der Waals surface area contributed by atoms with Crippen LogP contribution in [-0.4, -0.2) is 114 Å². The van der Waals surface area contributed by atoms with Gasteiger partial charge in [0.2, 0.25) is 11.7 Å². The van der Waals surface area contributed by atoms with Crippen LogP contribution in [0, 0.1) is 27.9 Å². The highest BCUT2D eigenvalue weighted by atomic mass is 32.2. The predicted octanol–water partition coefficient (Wildman–Crippen LogP) is 7.58. The molecule has 3 aromatic rings. The van der Waals surface area contributed by atoms with Gasteiger partial charge in [0, 0.05) is 66.5 Å². The zero-order valence-electron chi connectivity index (χ0n) is 36.5. The Hall–Kier alpha value is -5.03. The number of unbranched alkanes of at least 4 members (excludes halogenated alkanes) is 2. The number of carbonyl (C=O) groups excluding carboxylic acids is 1. The maximum absolute atomic E-state index is 14.7. The van der Waals surface area contributed by atoms with Crippen molar-refractivity contribution in [3.8, 4) is 11.5 Å². The number of non-ortho nitro benzene ring substituents is 1. The molecule has 1 fully saturated rings. The highest BCUT2D eigenvalue weighted by molar-refractivity contribution is 7.99. The maximum Gasteiger partial charge on any atom is 0.269 e. The van der Waals surface area contributed by atoms with E-state index in [2.05, 4.69) is 36.0 Å². The van der Waals surface area contributed by atoms with E-state index in [-0.39, 0.29) is 82.0 Å². The number of oxime groups is 1. The molecule has 6 unspecified atom stereocenters. The Morgan fingerprint density at radius 1 is 1.00 bits per heavy atom. The average Bonchev–Trinajstić information content (AvgIpc) is 3.31. The fraction of sp³-hybridized carbons (Fsp3) is 0.469. The molecule has 15 heteroatoms. The standard InChI is InChI=1S/C49H61N3O11S/c1-3-27-62-49-45(51(23-28-60-29-26-55)46(56)22-17-35-15-18-37(19-16-35)52(57)58)34-43(50-59-2)41-32-36(11-7-9-24-53)40(14-8-10-25-54)47(48(41)49)42-33-38(20-21-44(42)63-49)61-30-31-64-39-12-5-4-6-13-39/h3-6,12-13,15-22,32-33,36,40,45,47-48,53-55H,1,7-11,14,23-31,34H2,2H3. The third-order valence-electron chi connectivity index (χ3n) is 12.1.